The average Bonchev–Trinajstić information content (AvgIpc) is 2.47. The van der Waals surface area contributed by atoms with Crippen LogP contribution in [0.3, 0.4) is 0 Å². The van der Waals surface area contributed by atoms with Crippen molar-refractivity contribution in [2.24, 2.45) is 0 Å². The van der Waals surface area contributed by atoms with E-state index in [9.17, 15) is 4.79 Å². The van der Waals surface area contributed by atoms with E-state index in [0.717, 1.165) is 27.5 Å². The minimum Gasteiger partial charge on any atom is -0.316 e. The predicted octanol–water partition coefficient (Wildman–Crippen LogP) is 3.56. The van der Waals surface area contributed by atoms with Crippen molar-refractivity contribution in [2.45, 2.75) is 0 Å². The third kappa shape index (κ3) is 1.34. The zero-order valence-electron chi connectivity index (χ0n) is 10.2. The van der Waals surface area contributed by atoms with Gasteiger partial charge < -0.3 is 4.40 Å². The van der Waals surface area contributed by atoms with Gasteiger partial charge >= 0.3 is 0 Å². The van der Waals surface area contributed by atoms with E-state index in [1.54, 1.807) is 6.07 Å². The lowest BCUT2D eigenvalue weighted by atomic mass is 9.99. The van der Waals surface area contributed by atoms with Crippen molar-refractivity contribution < 1.29 is 0 Å². The Labute approximate surface area is 109 Å². The van der Waals surface area contributed by atoms with Crippen LogP contribution in [0.25, 0.3) is 27.5 Å². The molecule has 2 heteroatoms. The number of benzene rings is 2. The van der Waals surface area contributed by atoms with Crippen LogP contribution in [0, 0.1) is 0 Å². The van der Waals surface area contributed by atoms with Crippen LogP contribution in [0.1, 0.15) is 0 Å². The first-order chi connectivity index (χ1) is 9.36. The van der Waals surface area contributed by atoms with Gasteiger partial charge in [0.15, 0.2) is 5.43 Å². The van der Waals surface area contributed by atoms with Crippen LogP contribution < -0.4 is 5.43 Å². The second kappa shape index (κ2) is 3.69. The van der Waals surface area contributed by atoms with Crippen LogP contribution in [-0.4, -0.2) is 4.40 Å². The molecule has 0 saturated carbocycles. The second-order valence-corrected chi connectivity index (χ2v) is 4.65. The molecule has 0 saturated heterocycles. The van der Waals surface area contributed by atoms with Crippen molar-refractivity contribution in [3.63, 3.8) is 0 Å². The molecule has 0 N–H and O–H groups in total. The molecule has 1 aromatic heterocycles. The molecule has 90 valence electrons. The Hall–Kier alpha value is -2.61. The molecule has 0 unspecified atom stereocenters. The number of hydrogen-bond donors (Lipinski definition) is 0. The number of aromatic nitrogens is 1. The first-order valence-corrected chi connectivity index (χ1v) is 6.27. The lowest BCUT2D eigenvalue weighted by molar-refractivity contribution is 1.17. The van der Waals surface area contributed by atoms with E-state index in [4.69, 9.17) is 0 Å². The molecular weight excluding hydrogens is 234 g/mol. The van der Waals surface area contributed by atoms with Crippen molar-refractivity contribution in [1.82, 2.24) is 4.40 Å². The van der Waals surface area contributed by atoms with Gasteiger partial charge in [0.25, 0.3) is 0 Å². The number of hydrogen-bond acceptors (Lipinski definition) is 1. The minimum atomic E-state index is 0.0759. The van der Waals surface area contributed by atoms with Crippen molar-refractivity contribution in [2.75, 3.05) is 0 Å². The van der Waals surface area contributed by atoms with Gasteiger partial charge in [-0.15, -0.1) is 0 Å². The fraction of sp³-hybridized carbons (Fsp3) is 0. The predicted molar refractivity (Wildman–Crippen MR) is 77.8 cm³/mol. The summed E-state index contributed by atoms with van der Waals surface area (Å²) in [4.78, 5) is 12.2. The Morgan fingerprint density at radius 3 is 2.42 bits per heavy atom. The third-order valence-electron chi connectivity index (χ3n) is 3.60. The van der Waals surface area contributed by atoms with Gasteiger partial charge in [-0.1, -0.05) is 36.4 Å². The quantitative estimate of drug-likeness (QED) is 0.434. The van der Waals surface area contributed by atoms with Crippen LogP contribution in [0.5, 0.6) is 0 Å². The highest BCUT2D eigenvalue weighted by Gasteiger charge is 2.14. The first-order valence-electron chi connectivity index (χ1n) is 6.27. The molecule has 1 aromatic carbocycles. The molecule has 4 rings (SSSR count). The minimum absolute atomic E-state index is 0.0759. The summed E-state index contributed by atoms with van der Waals surface area (Å²) < 4.78 is 2.08. The van der Waals surface area contributed by atoms with Gasteiger partial charge in [-0.3, -0.25) is 4.79 Å². The SMILES string of the molecule is O=c1cccc2n3ccccc3c3ccccc3c1-2. The molecule has 0 spiro atoms. The summed E-state index contributed by atoms with van der Waals surface area (Å²) in [5, 5.41) is 2.13. The average molecular weight is 245 g/mol. The number of rotatable bonds is 0. The van der Waals surface area contributed by atoms with E-state index in [1.165, 1.54) is 0 Å². The molecule has 2 aliphatic rings. The number of nitrogens with zero attached hydrogens (tertiary/aromatic N) is 1. The zero-order chi connectivity index (χ0) is 12.8. The molecule has 1 aliphatic heterocycles. The molecule has 0 bridgehead atoms. The molecule has 0 fully saturated rings. The van der Waals surface area contributed by atoms with Crippen molar-refractivity contribution >= 4 is 16.3 Å². The van der Waals surface area contributed by atoms with E-state index >= 15 is 0 Å². The maximum Gasteiger partial charge on any atom is 0.188 e. The fourth-order valence-corrected chi connectivity index (χ4v) is 2.79. The lowest BCUT2D eigenvalue weighted by Crippen LogP contribution is -2.08. The molecular formula is C17H11NO. The van der Waals surface area contributed by atoms with Gasteiger partial charge in [0.2, 0.25) is 0 Å². The summed E-state index contributed by atoms with van der Waals surface area (Å²) >= 11 is 0. The third-order valence-corrected chi connectivity index (χ3v) is 3.60. The maximum absolute atomic E-state index is 12.2. The summed E-state index contributed by atoms with van der Waals surface area (Å²) in [5.41, 5.74) is 2.95. The van der Waals surface area contributed by atoms with E-state index in [2.05, 4.69) is 16.5 Å². The van der Waals surface area contributed by atoms with Gasteiger partial charge in [-0.05, 0) is 29.7 Å². The van der Waals surface area contributed by atoms with Gasteiger partial charge in [0.1, 0.15) is 0 Å². The number of fused-ring (bicyclic) bond motifs is 6. The number of pyridine rings is 2. The Balaban J connectivity index is 2.47. The zero-order valence-corrected chi connectivity index (χ0v) is 10.2. The molecule has 0 atom stereocenters. The molecule has 0 amide bonds. The Morgan fingerprint density at radius 2 is 1.53 bits per heavy atom. The van der Waals surface area contributed by atoms with Crippen molar-refractivity contribution in [1.29, 1.82) is 0 Å². The van der Waals surface area contributed by atoms with E-state index in [0.29, 0.717) is 0 Å². The highest BCUT2D eigenvalue weighted by atomic mass is 16.1. The van der Waals surface area contributed by atoms with Crippen LogP contribution in [0.2, 0.25) is 0 Å². The summed E-state index contributed by atoms with van der Waals surface area (Å²) in [5.74, 6) is 0. The monoisotopic (exact) mass is 245 g/mol. The summed E-state index contributed by atoms with van der Waals surface area (Å²) in [6, 6.07) is 19.6. The van der Waals surface area contributed by atoms with Crippen molar-refractivity contribution in [3.8, 4) is 11.3 Å². The standard InChI is InChI=1S/C17H11NO/c19-16-10-5-9-15-17(16)13-7-2-1-6-12(13)14-8-3-4-11-18(14)15/h1-11H. The second-order valence-electron chi connectivity index (χ2n) is 4.65. The van der Waals surface area contributed by atoms with E-state index in [1.807, 2.05) is 48.7 Å². The van der Waals surface area contributed by atoms with Gasteiger partial charge in [-0.25, -0.2) is 0 Å². The topological polar surface area (TPSA) is 21.5 Å². The summed E-state index contributed by atoms with van der Waals surface area (Å²) in [6.07, 6.45) is 2.00. The Kier molecular flexibility index (Phi) is 2.00. The van der Waals surface area contributed by atoms with Crippen molar-refractivity contribution in [3.05, 3.63) is 77.1 Å². The van der Waals surface area contributed by atoms with Gasteiger partial charge in [-0.2, -0.15) is 0 Å². The lowest BCUT2D eigenvalue weighted by Gasteiger charge is -2.15. The molecule has 19 heavy (non-hydrogen) atoms. The first kappa shape index (κ1) is 10.3. The molecule has 2 nitrogen and oxygen atoms in total. The van der Waals surface area contributed by atoms with E-state index < -0.39 is 0 Å². The summed E-state index contributed by atoms with van der Waals surface area (Å²) in [6.45, 7) is 0. The van der Waals surface area contributed by atoms with Gasteiger partial charge in [0, 0.05) is 11.6 Å². The van der Waals surface area contributed by atoms with Crippen LogP contribution in [0.4, 0.5) is 0 Å². The van der Waals surface area contributed by atoms with Crippen LogP contribution in [0.15, 0.2) is 71.7 Å². The molecule has 2 aromatic rings. The normalized spacial score (nSPS) is 11.4. The Bertz CT molecular complexity index is 936. The largest absolute Gasteiger partial charge is 0.316 e. The highest BCUT2D eigenvalue weighted by Crippen LogP contribution is 2.31. The highest BCUT2D eigenvalue weighted by molar-refractivity contribution is 6.05. The van der Waals surface area contributed by atoms with Gasteiger partial charge in [0.05, 0.1) is 16.8 Å². The van der Waals surface area contributed by atoms with Crippen LogP contribution >= 0.6 is 0 Å². The van der Waals surface area contributed by atoms with E-state index in [-0.39, 0.29) is 5.43 Å². The Morgan fingerprint density at radius 1 is 0.737 bits per heavy atom. The summed E-state index contributed by atoms with van der Waals surface area (Å²) in [7, 11) is 0. The molecule has 1 aliphatic carbocycles. The maximum atomic E-state index is 12.2. The van der Waals surface area contributed by atoms with Crippen LogP contribution in [-0.2, 0) is 0 Å². The molecule has 0 radical (unpaired) electrons. The smallest absolute Gasteiger partial charge is 0.188 e. The molecule has 2 heterocycles. The fourth-order valence-electron chi connectivity index (χ4n) is 2.79.